The van der Waals surface area contributed by atoms with Crippen molar-refractivity contribution in [3.05, 3.63) is 107 Å². The number of pyridine rings is 1. The van der Waals surface area contributed by atoms with Gasteiger partial charge in [0, 0.05) is 53.2 Å². The summed E-state index contributed by atoms with van der Waals surface area (Å²) in [5.41, 5.74) is 5.84. The van der Waals surface area contributed by atoms with Crippen LogP contribution in [0, 0.1) is 0 Å². The van der Waals surface area contributed by atoms with E-state index in [1.165, 1.54) is 0 Å². The molecule has 2 aliphatic rings. The third kappa shape index (κ3) is 5.01. The number of carbonyl (C=O) groups excluding carboxylic acids is 1. The summed E-state index contributed by atoms with van der Waals surface area (Å²) in [5, 5.41) is 21.1. The number of hydrogen-bond donors (Lipinski definition) is 2. The Bertz CT molecular complexity index is 1760. The van der Waals surface area contributed by atoms with E-state index in [-0.39, 0.29) is 30.7 Å². The first-order valence-electron chi connectivity index (χ1n) is 13.4. The van der Waals surface area contributed by atoms with Crippen LogP contribution in [0.15, 0.2) is 88.7 Å². The fourth-order valence-corrected chi connectivity index (χ4v) is 4.91. The van der Waals surface area contributed by atoms with Gasteiger partial charge in [-0.05, 0) is 30.0 Å². The first-order valence-corrected chi connectivity index (χ1v) is 13.4. The van der Waals surface area contributed by atoms with Gasteiger partial charge in [0.2, 0.25) is 0 Å². The molecular weight excluding hydrogens is 518 g/mol. The van der Waals surface area contributed by atoms with Gasteiger partial charge in [0.1, 0.15) is 11.5 Å². The first kappa shape index (κ1) is 24.9. The minimum atomic E-state index is -0.932. The van der Waals surface area contributed by atoms with Gasteiger partial charge in [-0.2, -0.15) is 0 Å². The fraction of sp³-hybridized carbons (Fsp3) is 0.194. The van der Waals surface area contributed by atoms with E-state index < -0.39 is 6.17 Å². The average molecular weight is 544 g/mol. The predicted molar refractivity (Wildman–Crippen MR) is 151 cm³/mol. The maximum absolute atomic E-state index is 13.3. The summed E-state index contributed by atoms with van der Waals surface area (Å²) >= 11 is 0. The molecule has 1 atom stereocenters. The van der Waals surface area contributed by atoms with Crippen LogP contribution >= 0.6 is 0 Å². The van der Waals surface area contributed by atoms with E-state index in [0.29, 0.717) is 34.0 Å². The summed E-state index contributed by atoms with van der Waals surface area (Å²) in [6.45, 7) is -0.175. The summed E-state index contributed by atoms with van der Waals surface area (Å²) in [6.07, 6.45) is 6.54. The molecule has 10 heteroatoms. The number of rotatable bonds is 7. The van der Waals surface area contributed by atoms with Crippen molar-refractivity contribution in [1.29, 1.82) is 0 Å². The number of hydrogen-bond acceptors (Lipinski definition) is 10. The number of benzene rings is 2. The molecule has 0 radical (unpaired) electrons. The highest BCUT2D eigenvalue weighted by atomic mass is 16.4. The second-order valence-corrected chi connectivity index (χ2v) is 10.1. The van der Waals surface area contributed by atoms with Gasteiger partial charge in [0.05, 0.1) is 12.3 Å². The Morgan fingerprint density at radius 3 is 2.44 bits per heavy atom. The van der Waals surface area contributed by atoms with Crippen LogP contribution in [0.3, 0.4) is 0 Å². The summed E-state index contributed by atoms with van der Waals surface area (Å²) in [6, 6.07) is 19.4. The van der Waals surface area contributed by atoms with Gasteiger partial charge in [-0.25, -0.2) is 9.97 Å². The summed E-state index contributed by atoms with van der Waals surface area (Å²) < 4.78 is 5.97. The molecule has 41 heavy (non-hydrogen) atoms. The lowest BCUT2D eigenvalue weighted by atomic mass is 9.96. The highest BCUT2D eigenvalue weighted by Gasteiger charge is 2.28. The molecule has 5 aromatic rings. The topological polar surface area (TPSA) is 139 Å². The van der Waals surface area contributed by atoms with E-state index in [2.05, 4.69) is 30.5 Å². The SMILES string of the molecule is O=C1Cc2ccccc2C(c2ccccc2)=N[C@@H]1Nc1nnc(-c2ncc(CO)cc2-c2cnc(C3CC3)nc2)o1. The van der Waals surface area contributed by atoms with Crippen molar-refractivity contribution in [2.75, 3.05) is 5.32 Å². The van der Waals surface area contributed by atoms with E-state index in [4.69, 9.17) is 9.41 Å². The van der Waals surface area contributed by atoms with Gasteiger partial charge in [-0.1, -0.05) is 59.7 Å². The third-order valence-electron chi connectivity index (χ3n) is 7.19. The maximum Gasteiger partial charge on any atom is 0.317 e. The lowest BCUT2D eigenvalue weighted by Crippen LogP contribution is -2.29. The second-order valence-electron chi connectivity index (χ2n) is 10.1. The zero-order chi connectivity index (χ0) is 27.8. The zero-order valence-electron chi connectivity index (χ0n) is 21.9. The molecule has 0 unspecified atom stereocenters. The Kier molecular flexibility index (Phi) is 6.36. The standard InChI is InChI=1S/C31H25N7O3/c39-17-18-12-24(22-15-33-28(34-16-22)20-10-11-20)27(32-14-18)30-37-38-31(41-30)36-29-25(40)13-21-8-4-5-9-23(21)26(35-29)19-6-2-1-3-7-19/h1-9,12,14-16,20,29,39H,10-11,13,17H2,(H,36,38)/t29-/m1/s1. The number of anilines is 1. The number of aromatic nitrogens is 5. The number of ketones is 1. The predicted octanol–water partition coefficient (Wildman–Crippen LogP) is 4.36. The molecule has 1 aliphatic carbocycles. The van der Waals surface area contributed by atoms with Crippen molar-refractivity contribution in [3.63, 3.8) is 0 Å². The number of aliphatic hydroxyl groups is 1. The zero-order valence-corrected chi connectivity index (χ0v) is 21.9. The van der Waals surface area contributed by atoms with Gasteiger partial charge in [-0.15, -0.1) is 5.10 Å². The summed E-state index contributed by atoms with van der Waals surface area (Å²) in [7, 11) is 0. The van der Waals surface area contributed by atoms with Gasteiger partial charge >= 0.3 is 6.01 Å². The van der Waals surface area contributed by atoms with Crippen molar-refractivity contribution >= 4 is 17.5 Å². The Morgan fingerprint density at radius 2 is 1.66 bits per heavy atom. The molecule has 10 nitrogen and oxygen atoms in total. The second kappa shape index (κ2) is 10.5. The van der Waals surface area contributed by atoms with E-state index >= 15 is 0 Å². The number of Topliss-reactive ketones (excluding diaryl/α,β-unsaturated/α-hetero) is 1. The third-order valence-corrected chi connectivity index (χ3v) is 7.19. The molecule has 3 aromatic heterocycles. The largest absolute Gasteiger partial charge is 0.402 e. The van der Waals surface area contributed by atoms with Gasteiger partial charge in [-0.3, -0.25) is 14.8 Å². The lowest BCUT2D eigenvalue weighted by Gasteiger charge is -2.12. The van der Waals surface area contributed by atoms with Gasteiger partial charge < -0.3 is 14.8 Å². The smallest absolute Gasteiger partial charge is 0.317 e. The van der Waals surface area contributed by atoms with Crippen molar-refractivity contribution in [2.45, 2.75) is 38.0 Å². The van der Waals surface area contributed by atoms with E-state index in [1.54, 1.807) is 24.7 Å². The van der Waals surface area contributed by atoms with Crippen molar-refractivity contribution in [3.8, 4) is 22.7 Å². The molecule has 1 aliphatic heterocycles. The molecule has 0 spiro atoms. The van der Waals surface area contributed by atoms with Crippen LogP contribution in [0.25, 0.3) is 22.7 Å². The monoisotopic (exact) mass is 543 g/mol. The molecule has 0 amide bonds. The Balaban J connectivity index is 1.22. The van der Waals surface area contributed by atoms with Gasteiger partial charge in [0.25, 0.3) is 5.89 Å². The number of nitrogens with one attached hydrogen (secondary N) is 1. The molecule has 0 saturated heterocycles. The quantitative estimate of drug-likeness (QED) is 0.306. The van der Waals surface area contributed by atoms with Crippen molar-refractivity contribution in [2.24, 2.45) is 4.99 Å². The molecule has 0 bridgehead atoms. The first-order chi connectivity index (χ1) is 20.2. The molecule has 7 rings (SSSR count). The highest BCUT2D eigenvalue weighted by molar-refractivity contribution is 6.16. The average Bonchev–Trinajstić information content (AvgIpc) is 3.79. The minimum absolute atomic E-state index is 0.0415. The lowest BCUT2D eigenvalue weighted by molar-refractivity contribution is -0.119. The number of aliphatic imine (C=N–C) groups is 1. The molecule has 1 saturated carbocycles. The highest BCUT2D eigenvalue weighted by Crippen LogP contribution is 2.38. The van der Waals surface area contributed by atoms with Crippen LogP contribution in [-0.2, 0) is 17.8 Å². The molecular formula is C31H25N7O3. The van der Waals surface area contributed by atoms with Crippen LogP contribution in [0.4, 0.5) is 6.01 Å². The van der Waals surface area contributed by atoms with E-state index in [0.717, 1.165) is 35.4 Å². The molecule has 2 N–H and O–H groups in total. The van der Waals surface area contributed by atoms with Crippen LogP contribution in [0.2, 0.25) is 0 Å². The van der Waals surface area contributed by atoms with Crippen LogP contribution in [-0.4, -0.2) is 47.9 Å². The number of aliphatic hydroxyl groups excluding tert-OH is 1. The number of nitrogens with zero attached hydrogens (tertiary/aromatic N) is 6. The molecule has 4 heterocycles. The van der Waals surface area contributed by atoms with Gasteiger partial charge in [0.15, 0.2) is 11.9 Å². The van der Waals surface area contributed by atoms with Crippen LogP contribution in [0.1, 0.15) is 46.8 Å². The van der Waals surface area contributed by atoms with E-state index in [9.17, 15) is 9.90 Å². The summed E-state index contributed by atoms with van der Waals surface area (Å²) in [4.78, 5) is 31.7. The van der Waals surface area contributed by atoms with Crippen molar-refractivity contribution < 1.29 is 14.3 Å². The Hall–Kier alpha value is -5.09. The molecule has 1 fully saturated rings. The maximum atomic E-state index is 13.3. The van der Waals surface area contributed by atoms with Crippen LogP contribution < -0.4 is 5.32 Å². The van der Waals surface area contributed by atoms with E-state index in [1.807, 2.05) is 54.6 Å². The summed E-state index contributed by atoms with van der Waals surface area (Å²) in [5.74, 6) is 1.29. The van der Waals surface area contributed by atoms with Crippen LogP contribution in [0.5, 0.6) is 0 Å². The molecule has 202 valence electrons. The fourth-order valence-electron chi connectivity index (χ4n) is 4.91. The van der Waals surface area contributed by atoms with Crippen molar-refractivity contribution in [1.82, 2.24) is 25.1 Å². The minimum Gasteiger partial charge on any atom is -0.402 e. The molecule has 2 aromatic carbocycles. The number of fused-ring (bicyclic) bond motifs is 1. The Morgan fingerprint density at radius 1 is 0.878 bits per heavy atom. The Labute approximate surface area is 235 Å². The number of carbonyl (C=O) groups is 1. The normalized spacial score (nSPS) is 16.6.